The van der Waals surface area contributed by atoms with Gasteiger partial charge < -0.3 is 0 Å². The summed E-state index contributed by atoms with van der Waals surface area (Å²) in [6, 6.07) is 18.4. The van der Waals surface area contributed by atoms with Gasteiger partial charge in [-0.2, -0.15) is 0 Å². The lowest BCUT2D eigenvalue weighted by atomic mass is 10.0. The highest BCUT2D eigenvalue weighted by Gasteiger charge is 2.34. The molecule has 0 saturated heterocycles. The zero-order valence-corrected chi connectivity index (χ0v) is 22.0. The number of ketones is 4. The Morgan fingerprint density at radius 2 is 0.895 bits per heavy atom. The third-order valence-electron chi connectivity index (χ3n) is 7.39. The van der Waals surface area contributed by atoms with Gasteiger partial charge in [-0.25, -0.2) is 0 Å². The standard InChI is InChI=1S/C32H18O4S2/c1-15-23-11-17(13-25-19-7-3-5-9-21(19)27(33)29(25)35)38-32(23)16(2)24-12-18(37-31(15)24)14-26-20-8-4-6-10-22(20)28(34)30(26)36/h3-14H,1-2H3/b25-13-,26-14-. The molecule has 2 aliphatic rings. The topological polar surface area (TPSA) is 68.3 Å². The molecule has 0 fully saturated rings. The maximum Gasteiger partial charge on any atom is 0.234 e. The van der Waals surface area contributed by atoms with Gasteiger partial charge in [0.25, 0.3) is 0 Å². The molecule has 0 radical (unpaired) electrons. The van der Waals surface area contributed by atoms with Gasteiger partial charge in [-0.3, -0.25) is 19.2 Å². The SMILES string of the molecule is Cc1c2cc(/C=C3\C(=O)C(=O)c4ccccc43)sc2c(C)c2cc(/C=C3\C(=O)C(=O)c4ccccc43)sc12. The minimum atomic E-state index is -0.461. The molecule has 0 N–H and O–H groups in total. The van der Waals surface area contributed by atoms with Crippen molar-refractivity contribution in [1.29, 1.82) is 0 Å². The smallest absolute Gasteiger partial charge is 0.234 e. The molecule has 182 valence electrons. The van der Waals surface area contributed by atoms with Gasteiger partial charge in [-0.1, -0.05) is 48.5 Å². The van der Waals surface area contributed by atoms with Gasteiger partial charge in [0.05, 0.1) is 0 Å². The number of Topliss-reactive ketones (excluding diaryl/α,β-unsaturated/α-hetero) is 4. The van der Waals surface area contributed by atoms with Gasteiger partial charge >= 0.3 is 0 Å². The zero-order valence-electron chi connectivity index (χ0n) is 20.4. The number of hydrogen-bond donors (Lipinski definition) is 0. The van der Waals surface area contributed by atoms with Crippen molar-refractivity contribution in [3.8, 4) is 0 Å². The number of aryl methyl sites for hydroxylation is 2. The molecule has 2 heterocycles. The summed E-state index contributed by atoms with van der Waals surface area (Å²) in [6.07, 6.45) is 3.67. The number of rotatable bonds is 2. The summed E-state index contributed by atoms with van der Waals surface area (Å²) in [5, 5.41) is 2.21. The van der Waals surface area contributed by atoms with Crippen LogP contribution >= 0.6 is 22.7 Å². The van der Waals surface area contributed by atoms with E-state index < -0.39 is 23.1 Å². The summed E-state index contributed by atoms with van der Waals surface area (Å²) in [7, 11) is 0. The van der Waals surface area contributed by atoms with Crippen molar-refractivity contribution in [2.75, 3.05) is 0 Å². The zero-order chi connectivity index (χ0) is 26.3. The van der Waals surface area contributed by atoms with Crippen molar-refractivity contribution in [1.82, 2.24) is 0 Å². The highest BCUT2D eigenvalue weighted by Crippen LogP contribution is 2.43. The van der Waals surface area contributed by atoms with Gasteiger partial charge in [0.1, 0.15) is 0 Å². The van der Waals surface area contributed by atoms with Gasteiger partial charge in [-0.15, -0.1) is 22.7 Å². The molecule has 6 heteroatoms. The number of carbonyl (C=O) groups is 4. The Hall–Kier alpha value is -4.26. The molecule has 3 aromatic carbocycles. The summed E-state index contributed by atoms with van der Waals surface area (Å²) in [5.41, 5.74) is 5.44. The summed E-state index contributed by atoms with van der Waals surface area (Å²) in [5.74, 6) is -1.82. The monoisotopic (exact) mass is 530 g/mol. The maximum absolute atomic E-state index is 12.7. The number of benzene rings is 3. The lowest BCUT2D eigenvalue weighted by Crippen LogP contribution is -2.05. The van der Waals surface area contributed by atoms with Crippen molar-refractivity contribution >= 4 is 89.3 Å². The largest absolute Gasteiger partial charge is 0.285 e. The highest BCUT2D eigenvalue weighted by atomic mass is 32.1. The Morgan fingerprint density at radius 1 is 0.526 bits per heavy atom. The van der Waals surface area contributed by atoms with Crippen molar-refractivity contribution < 1.29 is 19.2 Å². The molecule has 38 heavy (non-hydrogen) atoms. The number of carbonyl (C=O) groups excluding carboxylic acids is 4. The van der Waals surface area contributed by atoms with E-state index in [4.69, 9.17) is 0 Å². The van der Waals surface area contributed by atoms with Crippen molar-refractivity contribution in [3.05, 3.63) is 104 Å². The Bertz CT molecular complexity index is 1810. The van der Waals surface area contributed by atoms with Crippen LogP contribution in [0.5, 0.6) is 0 Å². The average Bonchev–Trinajstić information content (AvgIpc) is 3.67. The Balaban J connectivity index is 1.35. The molecule has 5 aromatic rings. The molecule has 0 atom stereocenters. The van der Waals surface area contributed by atoms with E-state index in [-0.39, 0.29) is 0 Å². The quantitative estimate of drug-likeness (QED) is 0.177. The normalized spacial score (nSPS) is 17.0. The van der Waals surface area contributed by atoms with Crippen LogP contribution < -0.4 is 0 Å². The van der Waals surface area contributed by atoms with Crippen LogP contribution in [0.15, 0.2) is 60.7 Å². The minimum absolute atomic E-state index is 0.444. The van der Waals surface area contributed by atoms with E-state index in [2.05, 4.69) is 26.0 Å². The molecule has 0 bridgehead atoms. The van der Waals surface area contributed by atoms with Crippen LogP contribution in [0.2, 0.25) is 0 Å². The van der Waals surface area contributed by atoms with Crippen LogP contribution in [-0.2, 0) is 9.59 Å². The molecule has 0 unspecified atom stereocenters. The van der Waals surface area contributed by atoms with Crippen LogP contribution in [0.3, 0.4) is 0 Å². The second-order valence-corrected chi connectivity index (χ2v) is 11.7. The predicted molar refractivity (Wildman–Crippen MR) is 154 cm³/mol. The number of thiophene rings is 2. The molecule has 2 aliphatic carbocycles. The van der Waals surface area contributed by atoms with E-state index in [0.717, 1.165) is 41.1 Å². The van der Waals surface area contributed by atoms with Crippen LogP contribution in [0, 0.1) is 13.8 Å². The number of allylic oxidation sites excluding steroid dienone is 2. The molecule has 2 aromatic heterocycles. The third kappa shape index (κ3) is 3.14. The van der Waals surface area contributed by atoms with E-state index in [1.54, 1.807) is 46.9 Å². The lowest BCUT2D eigenvalue weighted by molar-refractivity contribution is -0.110. The first kappa shape index (κ1) is 22.9. The van der Waals surface area contributed by atoms with Gasteiger partial charge in [-0.05, 0) is 71.2 Å². The summed E-state index contributed by atoms with van der Waals surface area (Å²) >= 11 is 3.20. The summed E-state index contributed by atoms with van der Waals surface area (Å²) < 4.78 is 2.25. The second-order valence-electron chi connectivity index (χ2n) is 9.56. The third-order valence-corrected chi connectivity index (χ3v) is 9.79. The predicted octanol–water partition coefficient (Wildman–Crippen LogP) is 7.34. The fourth-order valence-corrected chi connectivity index (χ4v) is 7.81. The van der Waals surface area contributed by atoms with Crippen molar-refractivity contribution in [2.24, 2.45) is 0 Å². The molecule has 0 saturated carbocycles. The molecule has 0 aliphatic heterocycles. The van der Waals surface area contributed by atoms with Gasteiger partial charge in [0.15, 0.2) is 0 Å². The second kappa shape index (κ2) is 8.12. The molecule has 4 nitrogen and oxygen atoms in total. The maximum atomic E-state index is 12.7. The fourth-order valence-electron chi connectivity index (χ4n) is 5.46. The van der Waals surface area contributed by atoms with E-state index in [1.165, 1.54) is 0 Å². The first-order chi connectivity index (χ1) is 18.3. The summed E-state index contributed by atoms with van der Waals surface area (Å²) in [6.45, 7) is 4.17. The van der Waals surface area contributed by atoms with E-state index in [0.29, 0.717) is 33.4 Å². The van der Waals surface area contributed by atoms with Crippen molar-refractivity contribution in [2.45, 2.75) is 13.8 Å². The summed E-state index contributed by atoms with van der Waals surface area (Å²) in [4.78, 5) is 52.1. The van der Waals surface area contributed by atoms with E-state index >= 15 is 0 Å². The molecular weight excluding hydrogens is 512 g/mol. The van der Waals surface area contributed by atoms with Crippen LogP contribution in [-0.4, -0.2) is 23.1 Å². The van der Waals surface area contributed by atoms with Gasteiger partial charge in [0.2, 0.25) is 23.1 Å². The minimum Gasteiger partial charge on any atom is -0.285 e. The van der Waals surface area contributed by atoms with Gasteiger partial charge in [0, 0.05) is 41.4 Å². The molecular formula is C32H18O4S2. The Labute approximate surface area is 225 Å². The van der Waals surface area contributed by atoms with Crippen LogP contribution in [0.25, 0.3) is 43.5 Å². The molecule has 0 amide bonds. The number of fused-ring (bicyclic) bond motifs is 4. The lowest BCUT2D eigenvalue weighted by Gasteiger charge is -2.03. The highest BCUT2D eigenvalue weighted by molar-refractivity contribution is 7.22. The first-order valence-corrected chi connectivity index (χ1v) is 13.7. The first-order valence-electron chi connectivity index (χ1n) is 12.1. The Morgan fingerprint density at radius 3 is 1.29 bits per heavy atom. The molecule has 0 spiro atoms. The van der Waals surface area contributed by atoms with Crippen molar-refractivity contribution in [3.63, 3.8) is 0 Å². The fraction of sp³-hybridized carbons (Fsp3) is 0.0625. The number of hydrogen-bond acceptors (Lipinski definition) is 6. The average molecular weight is 531 g/mol. The van der Waals surface area contributed by atoms with Crippen LogP contribution in [0.4, 0.5) is 0 Å². The Kier molecular flexibility index (Phi) is 4.89. The van der Waals surface area contributed by atoms with Crippen LogP contribution in [0.1, 0.15) is 52.7 Å². The molecule has 7 rings (SSSR count). The van der Waals surface area contributed by atoms with E-state index in [1.807, 2.05) is 36.4 Å². The van der Waals surface area contributed by atoms with E-state index in [9.17, 15) is 19.2 Å².